The van der Waals surface area contributed by atoms with Crippen molar-refractivity contribution in [2.24, 2.45) is 5.92 Å². The normalized spacial score (nSPS) is 14.2. The van der Waals surface area contributed by atoms with Crippen molar-refractivity contribution in [3.05, 3.63) is 35.4 Å². The highest BCUT2D eigenvalue weighted by atomic mass is 19.1. The van der Waals surface area contributed by atoms with E-state index in [1.54, 1.807) is 0 Å². The van der Waals surface area contributed by atoms with E-state index in [0.717, 1.165) is 18.6 Å². The topological polar surface area (TPSA) is 57.5 Å². The second kappa shape index (κ2) is 6.44. The van der Waals surface area contributed by atoms with E-state index in [0.29, 0.717) is 12.5 Å². The summed E-state index contributed by atoms with van der Waals surface area (Å²) in [5, 5.41) is 18.9. The zero-order valence-electron chi connectivity index (χ0n) is 10.1. The number of benzene rings is 1. The van der Waals surface area contributed by atoms with E-state index in [4.69, 9.17) is 5.11 Å². The summed E-state index contributed by atoms with van der Waals surface area (Å²) in [5.74, 6) is -3.88. The lowest BCUT2D eigenvalue weighted by molar-refractivity contribution is -0.146. The van der Waals surface area contributed by atoms with Crippen molar-refractivity contribution in [1.82, 2.24) is 0 Å². The molecule has 0 aliphatic heterocycles. The molecule has 2 atom stereocenters. The molecule has 3 nitrogen and oxygen atoms in total. The molecule has 0 saturated heterocycles. The fourth-order valence-corrected chi connectivity index (χ4v) is 1.82. The van der Waals surface area contributed by atoms with E-state index in [1.807, 2.05) is 6.92 Å². The van der Waals surface area contributed by atoms with Crippen LogP contribution < -0.4 is 0 Å². The zero-order chi connectivity index (χ0) is 13.7. The van der Waals surface area contributed by atoms with Gasteiger partial charge in [-0.1, -0.05) is 19.8 Å². The van der Waals surface area contributed by atoms with Crippen molar-refractivity contribution < 1.29 is 23.8 Å². The Kier molecular flexibility index (Phi) is 5.22. The molecule has 0 amide bonds. The second-order valence-electron chi connectivity index (χ2n) is 4.23. The molecule has 1 aromatic carbocycles. The highest BCUT2D eigenvalue weighted by molar-refractivity contribution is 5.71. The Labute approximate surface area is 104 Å². The van der Waals surface area contributed by atoms with Gasteiger partial charge in [0.2, 0.25) is 0 Å². The Morgan fingerprint density at radius 2 is 1.83 bits per heavy atom. The van der Waals surface area contributed by atoms with E-state index in [1.165, 1.54) is 0 Å². The minimum absolute atomic E-state index is 0.0454. The molecule has 0 aliphatic carbocycles. The van der Waals surface area contributed by atoms with Gasteiger partial charge in [0.05, 0.1) is 12.0 Å². The number of aliphatic hydroxyl groups excluding tert-OH is 1. The molecule has 2 unspecified atom stereocenters. The standard InChI is InChI=1S/C13H16F2O3/c1-2-3-4-11(13(17)18)12(16)8-5-9(14)7-10(15)6-8/h5-7,11-12,16H,2-4H2,1H3,(H,17,18). The van der Waals surface area contributed by atoms with Crippen LogP contribution >= 0.6 is 0 Å². The number of unbranched alkanes of at least 4 members (excludes halogenated alkanes) is 1. The van der Waals surface area contributed by atoms with Crippen LogP contribution in [0.2, 0.25) is 0 Å². The third-order valence-electron chi connectivity index (χ3n) is 2.79. The maximum atomic E-state index is 13.0. The summed E-state index contributed by atoms with van der Waals surface area (Å²) in [7, 11) is 0. The SMILES string of the molecule is CCCCC(C(=O)O)C(O)c1cc(F)cc(F)c1. The molecule has 5 heteroatoms. The van der Waals surface area contributed by atoms with Gasteiger partial charge in [-0.15, -0.1) is 0 Å². The number of hydrogen-bond donors (Lipinski definition) is 2. The van der Waals surface area contributed by atoms with Crippen LogP contribution in [0.3, 0.4) is 0 Å². The van der Waals surface area contributed by atoms with Crippen LogP contribution in [-0.2, 0) is 4.79 Å². The van der Waals surface area contributed by atoms with Gasteiger partial charge < -0.3 is 10.2 Å². The van der Waals surface area contributed by atoms with Crippen LogP contribution in [0.5, 0.6) is 0 Å². The monoisotopic (exact) mass is 258 g/mol. The summed E-state index contributed by atoms with van der Waals surface area (Å²) >= 11 is 0. The summed E-state index contributed by atoms with van der Waals surface area (Å²) in [5.41, 5.74) is -0.0454. The van der Waals surface area contributed by atoms with Gasteiger partial charge in [0.1, 0.15) is 11.6 Å². The van der Waals surface area contributed by atoms with Crippen LogP contribution in [0.25, 0.3) is 0 Å². The number of halogens is 2. The zero-order valence-corrected chi connectivity index (χ0v) is 10.1. The first kappa shape index (κ1) is 14.6. The molecule has 1 aromatic rings. The lowest BCUT2D eigenvalue weighted by atomic mass is 9.91. The van der Waals surface area contributed by atoms with Crippen LogP contribution in [0.1, 0.15) is 37.9 Å². The number of carboxylic acids is 1. The molecule has 0 spiro atoms. The average molecular weight is 258 g/mol. The van der Waals surface area contributed by atoms with Crippen LogP contribution in [-0.4, -0.2) is 16.2 Å². The molecule has 2 N–H and O–H groups in total. The third-order valence-corrected chi connectivity index (χ3v) is 2.79. The molecule has 100 valence electrons. The van der Waals surface area contributed by atoms with Crippen LogP contribution in [0.4, 0.5) is 8.78 Å². The quantitative estimate of drug-likeness (QED) is 0.824. The first-order chi connectivity index (χ1) is 8.45. The number of aliphatic hydroxyl groups is 1. The molecule has 0 radical (unpaired) electrons. The lowest BCUT2D eigenvalue weighted by Crippen LogP contribution is -2.22. The van der Waals surface area contributed by atoms with Crippen molar-refractivity contribution in [2.45, 2.75) is 32.3 Å². The summed E-state index contributed by atoms with van der Waals surface area (Å²) in [6.07, 6.45) is 0.282. The summed E-state index contributed by atoms with van der Waals surface area (Å²) in [4.78, 5) is 11.0. The molecule has 18 heavy (non-hydrogen) atoms. The third kappa shape index (κ3) is 3.77. The fraction of sp³-hybridized carbons (Fsp3) is 0.462. The van der Waals surface area contributed by atoms with E-state index in [-0.39, 0.29) is 12.0 Å². The van der Waals surface area contributed by atoms with Crippen molar-refractivity contribution >= 4 is 5.97 Å². The largest absolute Gasteiger partial charge is 0.481 e. The van der Waals surface area contributed by atoms with Gasteiger partial charge in [-0.25, -0.2) is 8.78 Å². The van der Waals surface area contributed by atoms with E-state index >= 15 is 0 Å². The van der Waals surface area contributed by atoms with Gasteiger partial charge in [0.25, 0.3) is 0 Å². The van der Waals surface area contributed by atoms with Crippen molar-refractivity contribution in [1.29, 1.82) is 0 Å². The van der Waals surface area contributed by atoms with Crippen molar-refractivity contribution in [2.75, 3.05) is 0 Å². The lowest BCUT2D eigenvalue weighted by Gasteiger charge is -2.19. The molecule has 0 heterocycles. The molecule has 0 aromatic heterocycles. The van der Waals surface area contributed by atoms with Gasteiger partial charge in [0, 0.05) is 6.07 Å². The fourth-order valence-electron chi connectivity index (χ4n) is 1.82. The molecule has 0 saturated carbocycles. The molecule has 0 fully saturated rings. The van der Waals surface area contributed by atoms with E-state index < -0.39 is 29.6 Å². The summed E-state index contributed by atoms with van der Waals surface area (Å²) < 4.78 is 26.0. The van der Waals surface area contributed by atoms with Crippen molar-refractivity contribution in [3.8, 4) is 0 Å². The maximum absolute atomic E-state index is 13.0. The van der Waals surface area contributed by atoms with Crippen LogP contribution in [0.15, 0.2) is 18.2 Å². The first-order valence-electron chi connectivity index (χ1n) is 5.82. The predicted molar refractivity (Wildman–Crippen MR) is 62.0 cm³/mol. The molecule has 1 rings (SSSR count). The summed E-state index contributed by atoms with van der Waals surface area (Å²) in [6, 6.07) is 2.59. The average Bonchev–Trinajstić information content (AvgIpc) is 2.27. The van der Waals surface area contributed by atoms with E-state index in [9.17, 15) is 18.7 Å². The van der Waals surface area contributed by atoms with Gasteiger partial charge >= 0.3 is 5.97 Å². The first-order valence-corrected chi connectivity index (χ1v) is 5.82. The Bertz CT molecular complexity index is 400. The highest BCUT2D eigenvalue weighted by Crippen LogP contribution is 2.27. The molecule has 0 aliphatic rings. The Morgan fingerprint density at radius 3 is 2.28 bits per heavy atom. The minimum atomic E-state index is -1.40. The van der Waals surface area contributed by atoms with Crippen LogP contribution in [0, 0.1) is 17.6 Å². The Balaban J connectivity index is 2.93. The number of aliphatic carboxylic acids is 1. The van der Waals surface area contributed by atoms with Gasteiger partial charge in [-0.2, -0.15) is 0 Å². The maximum Gasteiger partial charge on any atom is 0.309 e. The highest BCUT2D eigenvalue weighted by Gasteiger charge is 2.27. The van der Waals surface area contributed by atoms with Gasteiger partial charge in [-0.3, -0.25) is 4.79 Å². The predicted octanol–water partition coefficient (Wildman–Crippen LogP) is 2.89. The van der Waals surface area contributed by atoms with E-state index in [2.05, 4.69) is 0 Å². The number of hydrogen-bond acceptors (Lipinski definition) is 2. The second-order valence-corrected chi connectivity index (χ2v) is 4.23. The number of carboxylic acid groups (broad SMARTS) is 1. The van der Waals surface area contributed by atoms with Gasteiger partial charge in [0.15, 0.2) is 0 Å². The number of rotatable bonds is 6. The number of carbonyl (C=O) groups is 1. The Hall–Kier alpha value is -1.49. The van der Waals surface area contributed by atoms with Gasteiger partial charge in [-0.05, 0) is 24.1 Å². The Morgan fingerprint density at radius 1 is 1.28 bits per heavy atom. The molecule has 0 bridgehead atoms. The molecular formula is C13H16F2O3. The smallest absolute Gasteiger partial charge is 0.309 e. The minimum Gasteiger partial charge on any atom is -0.481 e. The summed E-state index contributed by atoms with van der Waals surface area (Å²) in [6.45, 7) is 1.90. The molecular weight excluding hydrogens is 242 g/mol. The van der Waals surface area contributed by atoms with Crippen molar-refractivity contribution in [3.63, 3.8) is 0 Å².